The number of nitrogens with two attached hydrogens (primary N) is 1. The zero-order valence-corrected chi connectivity index (χ0v) is 10.4. The highest BCUT2D eigenvalue weighted by Crippen LogP contribution is 2.16. The van der Waals surface area contributed by atoms with E-state index in [1.54, 1.807) is 22.8 Å². The van der Waals surface area contributed by atoms with Gasteiger partial charge in [-0.2, -0.15) is 5.10 Å². The Kier molecular flexibility index (Phi) is 3.06. The lowest BCUT2D eigenvalue weighted by Crippen LogP contribution is -2.48. The number of aryl methyl sites for hydroxylation is 1. The maximum Gasteiger partial charge on any atom is 0.276 e. The van der Waals surface area contributed by atoms with Crippen molar-refractivity contribution >= 4 is 11.6 Å². The maximum absolute atomic E-state index is 12.2. The molecule has 0 bridgehead atoms. The monoisotopic (exact) mass is 238 g/mol. The molecule has 2 heterocycles. The molecule has 0 spiro atoms. The second-order valence-corrected chi connectivity index (χ2v) is 4.57. The van der Waals surface area contributed by atoms with Gasteiger partial charge in [0.2, 0.25) is 0 Å². The molecule has 1 aliphatic heterocycles. The van der Waals surface area contributed by atoms with Gasteiger partial charge in [-0.15, -0.1) is 0 Å². The Morgan fingerprint density at radius 1 is 1.47 bits per heavy atom. The topological polar surface area (TPSA) is 73.4 Å². The molecule has 6 nitrogen and oxygen atoms in total. The van der Waals surface area contributed by atoms with E-state index in [-0.39, 0.29) is 18.1 Å². The van der Waals surface area contributed by atoms with Crippen molar-refractivity contribution in [1.82, 2.24) is 14.7 Å². The number of carbonyl (C=O) groups is 1. The van der Waals surface area contributed by atoms with E-state index in [0.717, 1.165) is 0 Å². The Morgan fingerprint density at radius 3 is 2.53 bits per heavy atom. The molecular weight excluding hydrogens is 220 g/mol. The van der Waals surface area contributed by atoms with Crippen LogP contribution in [0.5, 0.6) is 0 Å². The van der Waals surface area contributed by atoms with Crippen LogP contribution in [0.15, 0.2) is 6.20 Å². The summed E-state index contributed by atoms with van der Waals surface area (Å²) >= 11 is 0. The molecule has 1 saturated heterocycles. The van der Waals surface area contributed by atoms with Gasteiger partial charge >= 0.3 is 0 Å². The van der Waals surface area contributed by atoms with Gasteiger partial charge in [-0.25, -0.2) is 0 Å². The van der Waals surface area contributed by atoms with Gasteiger partial charge in [0.25, 0.3) is 5.91 Å². The SMILES string of the molecule is C[C@@H]1CN(C(=O)c2nn(C)cc2N)C[C@H](C)O1. The van der Waals surface area contributed by atoms with Crippen LogP contribution in [0.3, 0.4) is 0 Å². The summed E-state index contributed by atoms with van der Waals surface area (Å²) in [4.78, 5) is 14.0. The van der Waals surface area contributed by atoms with Crippen LogP contribution in [0.2, 0.25) is 0 Å². The third-order valence-corrected chi connectivity index (χ3v) is 2.77. The highest BCUT2D eigenvalue weighted by molar-refractivity contribution is 5.97. The van der Waals surface area contributed by atoms with Gasteiger partial charge in [-0.05, 0) is 13.8 Å². The average molecular weight is 238 g/mol. The fourth-order valence-corrected chi connectivity index (χ4v) is 2.17. The largest absolute Gasteiger partial charge is 0.396 e. The number of anilines is 1. The minimum Gasteiger partial charge on any atom is -0.396 e. The molecule has 0 aliphatic carbocycles. The number of morpholine rings is 1. The summed E-state index contributed by atoms with van der Waals surface area (Å²) < 4.78 is 7.14. The van der Waals surface area contributed by atoms with Crippen molar-refractivity contribution in [3.8, 4) is 0 Å². The normalized spacial score (nSPS) is 25.0. The summed E-state index contributed by atoms with van der Waals surface area (Å²) in [5, 5.41) is 4.10. The zero-order valence-electron chi connectivity index (χ0n) is 10.4. The van der Waals surface area contributed by atoms with Crippen molar-refractivity contribution in [2.75, 3.05) is 18.8 Å². The molecule has 2 rings (SSSR count). The van der Waals surface area contributed by atoms with Crippen molar-refractivity contribution < 1.29 is 9.53 Å². The summed E-state index contributed by atoms with van der Waals surface area (Å²) in [6.45, 7) is 5.08. The number of hydrogen-bond acceptors (Lipinski definition) is 4. The molecule has 1 amide bonds. The van der Waals surface area contributed by atoms with Gasteiger partial charge in [0, 0.05) is 26.3 Å². The predicted molar refractivity (Wildman–Crippen MR) is 63.5 cm³/mol. The van der Waals surface area contributed by atoms with Crippen LogP contribution in [-0.2, 0) is 11.8 Å². The third kappa shape index (κ3) is 2.41. The van der Waals surface area contributed by atoms with Crippen LogP contribution in [-0.4, -0.2) is 45.9 Å². The second kappa shape index (κ2) is 4.37. The first-order valence-electron chi connectivity index (χ1n) is 5.71. The maximum atomic E-state index is 12.2. The van der Waals surface area contributed by atoms with E-state index in [4.69, 9.17) is 10.5 Å². The van der Waals surface area contributed by atoms with E-state index in [0.29, 0.717) is 24.5 Å². The minimum absolute atomic E-state index is 0.0487. The van der Waals surface area contributed by atoms with Crippen LogP contribution in [0.25, 0.3) is 0 Å². The van der Waals surface area contributed by atoms with Crippen molar-refractivity contribution in [2.24, 2.45) is 7.05 Å². The minimum atomic E-state index is -0.120. The Balaban J connectivity index is 2.17. The van der Waals surface area contributed by atoms with Crippen LogP contribution in [0, 0.1) is 0 Å². The highest BCUT2D eigenvalue weighted by atomic mass is 16.5. The first-order chi connectivity index (χ1) is 7.97. The molecule has 0 radical (unpaired) electrons. The Bertz CT molecular complexity index is 419. The lowest BCUT2D eigenvalue weighted by Gasteiger charge is -2.34. The summed E-state index contributed by atoms with van der Waals surface area (Å²) in [7, 11) is 1.75. The summed E-state index contributed by atoms with van der Waals surface area (Å²) in [5.41, 5.74) is 6.50. The van der Waals surface area contributed by atoms with E-state index in [1.807, 2.05) is 13.8 Å². The van der Waals surface area contributed by atoms with Gasteiger partial charge in [-0.1, -0.05) is 0 Å². The van der Waals surface area contributed by atoms with Crippen LogP contribution >= 0.6 is 0 Å². The molecular formula is C11H18N4O2. The molecule has 6 heteroatoms. The fourth-order valence-electron chi connectivity index (χ4n) is 2.17. The first-order valence-corrected chi connectivity index (χ1v) is 5.71. The Morgan fingerprint density at radius 2 is 2.06 bits per heavy atom. The molecule has 2 N–H and O–H groups in total. The standard InChI is InChI=1S/C11H18N4O2/c1-7-4-15(5-8(2)17-7)11(16)10-9(12)6-14(3)13-10/h6-8H,4-5,12H2,1-3H3/t7-,8+. The van der Waals surface area contributed by atoms with E-state index < -0.39 is 0 Å². The van der Waals surface area contributed by atoms with E-state index >= 15 is 0 Å². The number of carbonyl (C=O) groups excluding carboxylic acids is 1. The zero-order chi connectivity index (χ0) is 12.6. The number of aromatic nitrogens is 2. The molecule has 94 valence electrons. The lowest BCUT2D eigenvalue weighted by molar-refractivity contribution is -0.0587. The predicted octanol–water partition coefficient (Wildman–Crippen LogP) is 0.252. The van der Waals surface area contributed by atoms with Crippen molar-refractivity contribution in [3.63, 3.8) is 0 Å². The second-order valence-electron chi connectivity index (χ2n) is 4.57. The molecule has 17 heavy (non-hydrogen) atoms. The van der Waals surface area contributed by atoms with Gasteiger partial charge < -0.3 is 15.4 Å². The van der Waals surface area contributed by atoms with E-state index in [1.165, 1.54) is 0 Å². The number of ether oxygens (including phenoxy) is 1. The summed E-state index contributed by atoms with van der Waals surface area (Å²) in [6.07, 6.45) is 1.74. The molecule has 0 unspecified atom stereocenters. The van der Waals surface area contributed by atoms with Crippen molar-refractivity contribution in [2.45, 2.75) is 26.1 Å². The lowest BCUT2D eigenvalue weighted by atomic mass is 10.2. The number of nitrogens with zero attached hydrogens (tertiary/aromatic N) is 3. The fraction of sp³-hybridized carbons (Fsp3) is 0.636. The number of amides is 1. The first kappa shape index (κ1) is 11.9. The van der Waals surface area contributed by atoms with Crippen LogP contribution in [0.4, 0.5) is 5.69 Å². The quantitative estimate of drug-likeness (QED) is 0.761. The highest BCUT2D eigenvalue weighted by Gasteiger charge is 2.28. The van der Waals surface area contributed by atoms with E-state index in [2.05, 4.69) is 5.10 Å². The van der Waals surface area contributed by atoms with Crippen LogP contribution in [0.1, 0.15) is 24.3 Å². The number of rotatable bonds is 1. The summed E-state index contributed by atoms with van der Waals surface area (Å²) in [5.74, 6) is -0.120. The molecule has 1 aliphatic rings. The van der Waals surface area contributed by atoms with Crippen molar-refractivity contribution in [3.05, 3.63) is 11.9 Å². The Hall–Kier alpha value is -1.56. The summed E-state index contributed by atoms with van der Waals surface area (Å²) in [6, 6.07) is 0. The van der Waals surface area contributed by atoms with Crippen molar-refractivity contribution in [1.29, 1.82) is 0 Å². The molecule has 0 aromatic carbocycles. The Labute approximate surface area is 100 Å². The smallest absolute Gasteiger partial charge is 0.276 e. The molecule has 1 fully saturated rings. The number of hydrogen-bond donors (Lipinski definition) is 1. The van der Waals surface area contributed by atoms with Gasteiger partial charge in [0.1, 0.15) is 0 Å². The van der Waals surface area contributed by atoms with E-state index in [9.17, 15) is 4.79 Å². The molecule has 1 aromatic rings. The average Bonchev–Trinajstić information content (AvgIpc) is 2.55. The van der Waals surface area contributed by atoms with Gasteiger partial charge in [0.05, 0.1) is 17.9 Å². The number of nitrogen functional groups attached to an aromatic ring is 1. The molecule has 2 atom stereocenters. The van der Waals surface area contributed by atoms with Gasteiger partial charge in [-0.3, -0.25) is 9.48 Å². The molecule has 1 aromatic heterocycles. The molecule has 0 saturated carbocycles. The van der Waals surface area contributed by atoms with Crippen LogP contribution < -0.4 is 5.73 Å². The third-order valence-electron chi connectivity index (χ3n) is 2.77. The van der Waals surface area contributed by atoms with Gasteiger partial charge in [0.15, 0.2) is 5.69 Å².